The highest BCUT2D eigenvalue weighted by Gasteiger charge is 2.25. The van der Waals surface area contributed by atoms with E-state index in [0.717, 1.165) is 19.5 Å². The predicted octanol–water partition coefficient (Wildman–Crippen LogP) is 0.958. The van der Waals surface area contributed by atoms with Crippen LogP contribution >= 0.6 is 0 Å². The third-order valence-corrected chi connectivity index (χ3v) is 3.06. The van der Waals surface area contributed by atoms with E-state index in [1.807, 2.05) is 0 Å². The molecule has 0 radical (unpaired) electrons. The summed E-state index contributed by atoms with van der Waals surface area (Å²) in [5, 5.41) is 8.58. The molecule has 0 amide bonds. The quantitative estimate of drug-likeness (QED) is 0.690. The van der Waals surface area contributed by atoms with Gasteiger partial charge in [0.25, 0.3) is 0 Å². The molecule has 0 bridgehead atoms. The molecule has 0 aromatic carbocycles. The first-order valence-corrected chi connectivity index (χ1v) is 5.01. The van der Waals surface area contributed by atoms with Crippen molar-refractivity contribution in [2.75, 3.05) is 13.1 Å². The lowest BCUT2D eigenvalue weighted by Gasteiger charge is -2.37. The predicted molar refractivity (Wildman–Crippen MR) is 53.0 cm³/mol. The molecule has 1 heterocycles. The number of nitrogens with two attached hydrogens (primary N) is 1. The fraction of sp³-hybridized carbons (Fsp3) is 0.900. The van der Waals surface area contributed by atoms with E-state index in [4.69, 9.17) is 11.0 Å². The maximum absolute atomic E-state index is 8.58. The van der Waals surface area contributed by atoms with Crippen LogP contribution in [0.1, 0.15) is 26.7 Å². The molecule has 0 aliphatic carbocycles. The lowest BCUT2D eigenvalue weighted by molar-refractivity contribution is 0.130. The molecule has 3 heteroatoms. The summed E-state index contributed by atoms with van der Waals surface area (Å²) in [5.74, 6) is 0.630. The summed E-state index contributed by atoms with van der Waals surface area (Å²) < 4.78 is 0. The van der Waals surface area contributed by atoms with Gasteiger partial charge in [-0.25, -0.2) is 0 Å². The Hall–Kier alpha value is -0.590. The zero-order chi connectivity index (χ0) is 9.84. The normalized spacial score (nSPS) is 32.5. The molecule has 0 aromatic heterocycles. The topological polar surface area (TPSA) is 53.0 Å². The fourth-order valence-electron chi connectivity index (χ4n) is 1.79. The van der Waals surface area contributed by atoms with Crippen LogP contribution in [0.3, 0.4) is 0 Å². The van der Waals surface area contributed by atoms with E-state index in [2.05, 4.69) is 24.8 Å². The second kappa shape index (κ2) is 4.59. The van der Waals surface area contributed by atoms with Crippen LogP contribution in [0.2, 0.25) is 0 Å². The molecule has 1 fully saturated rings. The van der Waals surface area contributed by atoms with Gasteiger partial charge in [0.15, 0.2) is 0 Å². The summed E-state index contributed by atoms with van der Waals surface area (Å²) in [6.07, 6.45) is 1.78. The summed E-state index contributed by atoms with van der Waals surface area (Å²) in [6, 6.07) is 2.86. The van der Waals surface area contributed by atoms with Crippen molar-refractivity contribution in [3.05, 3.63) is 0 Å². The van der Waals surface area contributed by atoms with Crippen molar-refractivity contribution >= 4 is 0 Å². The summed E-state index contributed by atoms with van der Waals surface area (Å²) in [4.78, 5) is 2.33. The maximum atomic E-state index is 8.58. The van der Waals surface area contributed by atoms with Crippen LogP contribution in [-0.4, -0.2) is 30.1 Å². The summed E-state index contributed by atoms with van der Waals surface area (Å²) in [6.45, 7) is 6.35. The van der Waals surface area contributed by atoms with E-state index >= 15 is 0 Å². The molecule has 1 rings (SSSR count). The summed E-state index contributed by atoms with van der Waals surface area (Å²) >= 11 is 0. The minimum absolute atomic E-state index is 0.287. The van der Waals surface area contributed by atoms with Gasteiger partial charge in [0.05, 0.1) is 12.5 Å². The lowest BCUT2D eigenvalue weighted by atomic mass is 9.93. The molecule has 3 atom stereocenters. The third-order valence-electron chi connectivity index (χ3n) is 3.06. The highest BCUT2D eigenvalue weighted by Crippen LogP contribution is 2.18. The zero-order valence-electron chi connectivity index (χ0n) is 8.53. The van der Waals surface area contributed by atoms with E-state index in [9.17, 15) is 0 Å². The molecular formula is C10H19N3. The van der Waals surface area contributed by atoms with Crippen LogP contribution in [0.5, 0.6) is 0 Å². The maximum Gasteiger partial charge on any atom is 0.0638 e. The standard InChI is InChI=1S/C10H19N3/c1-8-4-6-13(7-10(8)12)9(2)3-5-11/h8-10H,3-4,6-7,12H2,1-2H3. The number of nitrogens with zero attached hydrogens (tertiary/aromatic N) is 2. The second-order valence-corrected chi connectivity index (χ2v) is 4.14. The molecule has 0 spiro atoms. The average molecular weight is 181 g/mol. The Labute approximate surface area is 80.5 Å². The van der Waals surface area contributed by atoms with Gasteiger partial charge in [-0.05, 0) is 25.8 Å². The van der Waals surface area contributed by atoms with E-state index < -0.39 is 0 Å². The number of likely N-dealkylation sites (tertiary alicyclic amines) is 1. The molecule has 0 saturated carbocycles. The summed E-state index contributed by atoms with van der Waals surface area (Å²) in [7, 11) is 0. The van der Waals surface area contributed by atoms with Gasteiger partial charge in [-0.1, -0.05) is 6.92 Å². The molecule has 1 saturated heterocycles. The average Bonchev–Trinajstić information content (AvgIpc) is 2.10. The second-order valence-electron chi connectivity index (χ2n) is 4.14. The highest BCUT2D eigenvalue weighted by molar-refractivity contribution is 4.86. The van der Waals surface area contributed by atoms with Crippen LogP contribution in [0.15, 0.2) is 0 Å². The molecule has 3 unspecified atom stereocenters. The van der Waals surface area contributed by atoms with Crippen molar-refractivity contribution in [2.24, 2.45) is 11.7 Å². The molecule has 13 heavy (non-hydrogen) atoms. The third kappa shape index (κ3) is 2.68. The Balaban J connectivity index is 2.41. The van der Waals surface area contributed by atoms with E-state index in [1.165, 1.54) is 0 Å². The number of piperidine rings is 1. The van der Waals surface area contributed by atoms with Crippen LogP contribution in [0.25, 0.3) is 0 Å². The van der Waals surface area contributed by atoms with E-state index in [-0.39, 0.29) is 6.04 Å². The van der Waals surface area contributed by atoms with E-state index in [0.29, 0.717) is 18.4 Å². The Morgan fingerprint density at radius 3 is 2.92 bits per heavy atom. The van der Waals surface area contributed by atoms with Crippen molar-refractivity contribution in [3.8, 4) is 6.07 Å². The van der Waals surface area contributed by atoms with E-state index in [1.54, 1.807) is 0 Å². The fourth-order valence-corrected chi connectivity index (χ4v) is 1.79. The molecule has 1 aliphatic rings. The largest absolute Gasteiger partial charge is 0.326 e. The van der Waals surface area contributed by atoms with Gasteiger partial charge in [-0.3, -0.25) is 4.90 Å². The molecular weight excluding hydrogens is 162 g/mol. The van der Waals surface area contributed by atoms with Gasteiger partial charge < -0.3 is 5.73 Å². The lowest BCUT2D eigenvalue weighted by Crippen LogP contribution is -2.50. The Kier molecular flexibility index (Phi) is 3.71. The van der Waals surface area contributed by atoms with Crippen LogP contribution < -0.4 is 5.73 Å². The van der Waals surface area contributed by atoms with Crippen molar-refractivity contribution in [1.29, 1.82) is 5.26 Å². The van der Waals surface area contributed by atoms with Crippen molar-refractivity contribution in [3.63, 3.8) is 0 Å². The highest BCUT2D eigenvalue weighted by atomic mass is 15.2. The first-order chi connectivity index (χ1) is 6.15. The Bertz CT molecular complexity index is 197. The monoisotopic (exact) mass is 181 g/mol. The number of hydrogen-bond acceptors (Lipinski definition) is 3. The first kappa shape index (κ1) is 10.5. The SMILES string of the molecule is CC1CCN(C(C)CC#N)CC1N. The number of nitriles is 1. The van der Waals surface area contributed by atoms with Gasteiger partial charge in [0, 0.05) is 18.6 Å². The molecule has 1 aliphatic heterocycles. The minimum atomic E-state index is 0.287. The molecule has 2 N–H and O–H groups in total. The van der Waals surface area contributed by atoms with Crippen LogP contribution in [0.4, 0.5) is 0 Å². The minimum Gasteiger partial charge on any atom is -0.326 e. The van der Waals surface area contributed by atoms with Crippen molar-refractivity contribution in [2.45, 2.75) is 38.8 Å². The smallest absolute Gasteiger partial charge is 0.0638 e. The Morgan fingerprint density at radius 1 is 1.69 bits per heavy atom. The number of hydrogen-bond donors (Lipinski definition) is 1. The van der Waals surface area contributed by atoms with Gasteiger partial charge in [-0.15, -0.1) is 0 Å². The molecule has 3 nitrogen and oxygen atoms in total. The van der Waals surface area contributed by atoms with Crippen molar-refractivity contribution < 1.29 is 0 Å². The summed E-state index contributed by atoms with van der Waals surface area (Å²) in [5.41, 5.74) is 5.98. The van der Waals surface area contributed by atoms with Gasteiger partial charge in [-0.2, -0.15) is 5.26 Å². The van der Waals surface area contributed by atoms with Gasteiger partial charge in [0.1, 0.15) is 0 Å². The first-order valence-electron chi connectivity index (χ1n) is 5.01. The Morgan fingerprint density at radius 2 is 2.38 bits per heavy atom. The number of rotatable bonds is 2. The van der Waals surface area contributed by atoms with Crippen molar-refractivity contribution in [1.82, 2.24) is 4.90 Å². The van der Waals surface area contributed by atoms with Crippen LogP contribution in [-0.2, 0) is 0 Å². The van der Waals surface area contributed by atoms with Gasteiger partial charge >= 0.3 is 0 Å². The van der Waals surface area contributed by atoms with Gasteiger partial charge in [0.2, 0.25) is 0 Å². The zero-order valence-corrected chi connectivity index (χ0v) is 8.53. The molecule has 0 aromatic rings. The van der Waals surface area contributed by atoms with Crippen LogP contribution in [0, 0.1) is 17.2 Å². The molecule has 74 valence electrons.